The lowest BCUT2D eigenvalue weighted by Crippen LogP contribution is -2.04. The zero-order valence-corrected chi connectivity index (χ0v) is 9.13. The van der Waals surface area contributed by atoms with Gasteiger partial charge >= 0.3 is 0 Å². The number of aryl methyl sites for hydroxylation is 1. The van der Waals surface area contributed by atoms with Crippen LogP contribution in [0, 0.1) is 6.92 Å². The van der Waals surface area contributed by atoms with Crippen molar-refractivity contribution in [2.75, 3.05) is 0 Å². The second kappa shape index (κ2) is 4.01. The van der Waals surface area contributed by atoms with Crippen LogP contribution in [0.4, 0.5) is 4.39 Å². The second-order valence-corrected chi connectivity index (χ2v) is 4.19. The topological polar surface area (TPSA) is 0 Å². The quantitative estimate of drug-likeness (QED) is 0.637. The van der Waals surface area contributed by atoms with E-state index in [0.29, 0.717) is 6.42 Å². The Morgan fingerprint density at radius 2 is 1.73 bits per heavy atom. The average Bonchev–Trinajstić information content (AvgIpc) is 2.23. The van der Waals surface area contributed by atoms with Crippen LogP contribution in [0.2, 0.25) is 0 Å². The van der Waals surface area contributed by atoms with Crippen LogP contribution in [-0.2, 0) is 0 Å². The predicted octanol–water partition coefficient (Wildman–Crippen LogP) is 4.28. The Kier molecular flexibility index (Phi) is 2.72. The maximum absolute atomic E-state index is 13.2. The molecule has 1 atom stereocenters. The Hall–Kier alpha value is -1.37. The summed E-state index contributed by atoms with van der Waals surface area (Å²) in [6.45, 7) is 4.13. The van der Waals surface area contributed by atoms with E-state index in [-0.39, 0.29) is 11.7 Å². The van der Waals surface area contributed by atoms with Crippen molar-refractivity contribution < 1.29 is 4.39 Å². The highest BCUT2D eigenvalue weighted by Gasteiger charge is 2.18. The third kappa shape index (κ3) is 2.17. The SMILES string of the molecule is CC1=CC=C(F)CC1c1ccc(C)cc1. The molecule has 0 amide bonds. The van der Waals surface area contributed by atoms with Crippen LogP contribution in [0.3, 0.4) is 0 Å². The molecule has 78 valence electrons. The first-order valence-corrected chi connectivity index (χ1v) is 5.26. The Morgan fingerprint density at radius 1 is 1.07 bits per heavy atom. The molecule has 0 N–H and O–H groups in total. The number of hydrogen-bond donors (Lipinski definition) is 0. The number of hydrogen-bond acceptors (Lipinski definition) is 0. The van der Waals surface area contributed by atoms with Gasteiger partial charge < -0.3 is 0 Å². The van der Waals surface area contributed by atoms with E-state index in [4.69, 9.17) is 0 Å². The summed E-state index contributed by atoms with van der Waals surface area (Å²) in [5.41, 5.74) is 3.69. The molecule has 1 aliphatic rings. The van der Waals surface area contributed by atoms with Crippen molar-refractivity contribution in [3.63, 3.8) is 0 Å². The fraction of sp³-hybridized carbons (Fsp3) is 0.286. The molecule has 0 nitrogen and oxygen atoms in total. The average molecular weight is 202 g/mol. The molecule has 0 radical (unpaired) electrons. The summed E-state index contributed by atoms with van der Waals surface area (Å²) in [6.07, 6.45) is 3.95. The number of halogens is 1. The minimum atomic E-state index is -0.0221. The highest BCUT2D eigenvalue weighted by Crippen LogP contribution is 2.34. The summed E-state index contributed by atoms with van der Waals surface area (Å²) in [7, 11) is 0. The van der Waals surface area contributed by atoms with E-state index in [1.54, 1.807) is 6.08 Å². The van der Waals surface area contributed by atoms with Gasteiger partial charge in [-0.15, -0.1) is 0 Å². The van der Waals surface area contributed by atoms with E-state index in [2.05, 4.69) is 38.1 Å². The Morgan fingerprint density at radius 3 is 2.40 bits per heavy atom. The van der Waals surface area contributed by atoms with Crippen LogP contribution >= 0.6 is 0 Å². The molecule has 0 saturated carbocycles. The van der Waals surface area contributed by atoms with Crippen LogP contribution in [0.1, 0.15) is 30.4 Å². The minimum Gasteiger partial charge on any atom is -0.212 e. The molecule has 1 aromatic carbocycles. The molecule has 1 heteroatoms. The van der Waals surface area contributed by atoms with E-state index in [0.717, 1.165) is 0 Å². The molecule has 1 aromatic rings. The summed E-state index contributed by atoms with van der Waals surface area (Å²) in [4.78, 5) is 0. The van der Waals surface area contributed by atoms with Gasteiger partial charge in [-0.05, 0) is 25.5 Å². The van der Waals surface area contributed by atoms with Gasteiger partial charge in [0.1, 0.15) is 5.83 Å². The Labute approximate surface area is 90.1 Å². The van der Waals surface area contributed by atoms with Crippen molar-refractivity contribution in [2.24, 2.45) is 0 Å². The van der Waals surface area contributed by atoms with Crippen LogP contribution in [0.25, 0.3) is 0 Å². The summed E-state index contributed by atoms with van der Waals surface area (Å²) in [5, 5.41) is 0. The van der Waals surface area contributed by atoms with Crippen LogP contribution in [0.5, 0.6) is 0 Å². The van der Waals surface area contributed by atoms with Crippen LogP contribution in [0.15, 0.2) is 47.8 Å². The Balaban J connectivity index is 2.29. The number of allylic oxidation sites excluding steroid dienone is 4. The van der Waals surface area contributed by atoms with Crippen LogP contribution in [-0.4, -0.2) is 0 Å². The van der Waals surface area contributed by atoms with Gasteiger partial charge in [-0.2, -0.15) is 0 Å². The molecule has 15 heavy (non-hydrogen) atoms. The standard InChI is InChI=1S/C14H15F/c1-10-3-6-12(7-4-10)14-9-13(15)8-5-11(14)2/h3-8,14H,9H2,1-2H3. The fourth-order valence-electron chi connectivity index (χ4n) is 1.94. The van der Waals surface area contributed by atoms with Crippen molar-refractivity contribution in [1.29, 1.82) is 0 Å². The highest BCUT2D eigenvalue weighted by molar-refractivity contribution is 5.36. The lowest BCUT2D eigenvalue weighted by atomic mass is 9.85. The van der Waals surface area contributed by atoms with Crippen molar-refractivity contribution >= 4 is 0 Å². The second-order valence-electron chi connectivity index (χ2n) is 4.19. The van der Waals surface area contributed by atoms with Gasteiger partial charge in [0, 0.05) is 12.3 Å². The monoisotopic (exact) mass is 202 g/mol. The van der Waals surface area contributed by atoms with Crippen molar-refractivity contribution in [1.82, 2.24) is 0 Å². The fourth-order valence-corrected chi connectivity index (χ4v) is 1.94. The first-order valence-electron chi connectivity index (χ1n) is 5.26. The molecule has 0 fully saturated rings. The van der Waals surface area contributed by atoms with Crippen molar-refractivity contribution in [3.8, 4) is 0 Å². The molecule has 0 saturated heterocycles. The third-order valence-electron chi connectivity index (χ3n) is 2.96. The van der Waals surface area contributed by atoms with E-state index in [1.165, 1.54) is 16.7 Å². The van der Waals surface area contributed by atoms with Crippen LogP contribution < -0.4 is 0 Å². The summed E-state index contributed by atoms with van der Waals surface area (Å²) in [5.74, 6) is 0.196. The molecular weight excluding hydrogens is 187 g/mol. The maximum Gasteiger partial charge on any atom is 0.101 e. The van der Waals surface area contributed by atoms with Gasteiger partial charge in [0.2, 0.25) is 0 Å². The van der Waals surface area contributed by atoms with Gasteiger partial charge in [0.15, 0.2) is 0 Å². The molecule has 1 aliphatic carbocycles. The van der Waals surface area contributed by atoms with Gasteiger partial charge in [-0.3, -0.25) is 0 Å². The molecule has 0 aromatic heterocycles. The molecule has 2 rings (SSSR count). The molecule has 1 unspecified atom stereocenters. The summed E-state index contributed by atoms with van der Waals surface area (Å²) < 4.78 is 13.2. The van der Waals surface area contributed by atoms with Gasteiger partial charge in [0.25, 0.3) is 0 Å². The zero-order chi connectivity index (χ0) is 10.8. The van der Waals surface area contributed by atoms with Gasteiger partial charge in [-0.25, -0.2) is 4.39 Å². The Bertz CT molecular complexity index is 409. The zero-order valence-electron chi connectivity index (χ0n) is 9.13. The predicted molar refractivity (Wildman–Crippen MR) is 61.5 cm³/mol. The summed E-state index contributed by atoms with van der Waals surface area (Å²) in [6, 6.07) is 8.35. The molecule has 0 spiro atoms. The van der Waals surface area contributed by atoms with E-state index < -0.39 is 0 Å². The number of rotatable bonds is 1. The van der Waals surface area contributed by atoms with E-state index >= 15 is 0 Å². The molecule has 0 aliphatic heterocycles. The first-order chi connectivity index (χ1) is 7.16. The molecule has 0 heterocycles. The normalized spacial score (nSPS) is 20.9. The van der Waals surface area contributed by atoms with Crippen molar-refractivity contribution in [3.05, 3.63) is 58.9 Å². The smallest absolute Gasteiger partial charge is 0.101 e. The van der Waals surface area contributed by atoms with Gasteiger partial charge in [-0.1, -0.05) is 41.5 Å². The largest absolute Gasteiger partial charge is 0.212 e. The maximum atomic E-state index is 13.2. The highest BCUT2D eigenvalue weighted by atomic mass is 19.1. The minimum absolute atomic E-state index is 0.0221. The molecule has 0 bridgehead atoms. The van der Waals surface area contributed by atoms with E-state index in [1.807, 2.05) is 6.08 Å². The third-order valence-corrected chi connectivity index (χ3v) is 2.96. The first kappa shape index (κ1) is 10.2. The van der Waals surface area contributed by atoms with Gasteiger partial charge in [0.05, 0.1) is 0 Å². The number of benzene rings is 1. The molecular formula is C14H15F. The lowest BCUT2D eigenvalue weighted by Gasteiger charge is -2.20. The summed E-state index contributed by atoms with van der Waals surface area (Å²) >= 11 is 0. The lowest BCUT2D eigenvalue weighted by molar-refractivity contribution is 0.555. The van der Waals surface area contributed by atoms with Crippen molar-refractivity contribution in [2.45, 2.75) is 26.2 Å². The van der Waals surface area contributed by atoms with E-state index in [9.17, 15) is 4.39 Å².